The van der Waals surface area contributed by atoms with Crippen molar-refractivity contribution in [3.63, 3.8) is 0 Å². The van der Waals surface area contributed by atoms with Gasteiger partial charge in [-0.1, -0.05) is 25.1 Å². The van der Waals surface area contributed by atoms with E-state index in [1.165, 1.54) is 17.4 Å². The van der Waals surface area contributed by atoms with Crippen LogP contribution in [0.15, 0.2) is 41.8 Å². The Bertz CT molecular complexity index is 580. The summed E-state index contributed by atoms with van der Waals surface area (Å²) in [5.74, 6) is 0.463. The first-order valence-electron chi connectivity index (χ1n) is 7.20. The van der Waals surface area contributed by atoms with Crippen molar-refractivity contribution in [1.82, 2.24) is 5.32 Å². The van der Waals surface area contributed by atoms with E-state index in [-0.39, 0.29) is 11.9 Å². The molecule has 0 radical (unpaired) electrons. The molecule has 1 amide bonds. The Morgan fingerprint density at radius 3 is 2.71 bits per heavy atom. The van der Waals surface area contributed by atoms with Crippen LogP contribution < -0.4 is 10.6 Å². The summed E-state index contributed by atoms with van der Waals surface area (Å²) in [5, 5.41) is 8.50. The highest BCUT2D eigenvalue weighted by atomic mass is 32.1. The lowest BCUT2D eigenvalue weighted by Crippen LogP contribution is -2.23. The van der Waals surface area contributed by atoms with Gasteiger partial charge in [0.25, 0.3) is 0 Å². The molecule has 0 saturated carbocycles. The first-order chi connectivity index (χ1) is 10.1. The molecule has 1 heterocycles. The second-order valence-electron chi connectivity index (χ2n) is 5.35. The van der Waals surface area contributed by atoms with Crippen molar-refractivity contribution in [2.24, 2.45) is 0 Å². The van der Waals surface area contributed by atoms with Gasteiger partial charge >= 0.3 is 0 Å². The number of thiophene rings is 1. The zero-order valence-corrected chi connectivity index (χ0v) is 13.5. The fourth-order valence-electron chi connectivity index (χ4n) is 2.23. The molecule has 1 aromatic carbocycles. The number of amides is 1. The number of nitrogens with one attached hydrogen (secondary N) is 2. The van der Waals surface area contributed by atoms with Gasteiger partial charge in [0.15, 0.2) is 0 Å². The van der Waals surface area contributed by atoms with Gasteiger partial charge in [-0.15, -0.1) is 11.3 Å². The zero-order valence-electron chi connectivity index (χ0n) is 12.7. The maximum absolute atomic E-state index is 11.1. The number of hydrogen-bond acceptors (Lipinski definition) is 3. The van der Waals surface area contributed by atoms with Crippen molar-refractivity contribution in [3.8, 4) is 0 Å². The molecule has 2 aromatic rings. The van der Waals surface area contributed by atoms with Crippen LogP contribution in [0.3, 0.4) is 0 Å². The normalized spacial score (nSPS) is 13.7. The highest BCUT2D eigenvalue weighted by molar-refractivity contribution is 7.10. The Hall–Kier alpha value is -1.65. The third kappa shape index (κ3) is 4.69. The number of rotatable bonds is 6. The smallest absolute Gasteiger partial charge is 0.221 e. The Balaban J connectivity index is 1.93. The summed E-state index contributed by atoms with van der Waals surface area (Å²) in [4.78, 5) is 12.5. The van der Waals surface area contributed by atoms with Crippen molar-refractivity contribution >= 4 is 22.9 Å². The van der Waals surface area contributed by atoms with Crippen LogP contribution in [0.2, 0.25) is 0 Å². The van der Waals surface area contributed by atoms with Crippen molar-refractivity contribution < 1.29 is 4.79 Å². The summed E-state index contributed by atoms with van der Waals surface area (Å²) < 4.78 is 0. The van der Waals surface area contributed by atoms with Gasteiger partial charge in [0.2, 0.25) is 5.91 Å². The average molecular weight is 302 g/mol. The Labute approximate surface area is 130 Å². The van der Waals surface area contributed by atoms with Crippen LogP contribution in [0.4, 0.5) is 5.69 Å². The van der Waals surface area contributed by atoms with E-state index >= 15 is 0 Å². The van der Waals surface area contributed by atoms with Gasteiger partial charge in [-0.3, -0.25) is 4.79 Å². The second kappa shape index (κ2) is 7.38. The van der Waals surface area contributed by atoms with Crippen molar-refractivity contribution in [3.05, 3.63) is 52.2 Å². The predicted molar refractivity (Wildman–Crippen MR) is 89.9 cm³/mol. The number of anilines is 1. The van der Waals surface area contributed by atoms with Gasteiger partial charge < -0.3 is 10.6 Å². The van der Waals surface area contributed by atoms with Crippen LogP contribution in [-0.4, -0.2) is 12.5 Å². The molecule has 0 fully saturated rings. The van der Waals surface area contributed by atoms with Crippen LogP contribution in [-0.2, 0) is 4.79 Å². The van der Waals surface area contributed by atoms with Gasteiger partial charge in [-0.2, -0.15) is 0 Å². The lowest BCUT2D eigenvalue weighted by molar-refractivity contribution is -0.114. The first kappa shape index (κ1) is 15.7. The minimum Gasteiger partial charge on any atom is -0.326 e. The number of hydrogen-bond donors (Lipinski definition) is 2. The Kier molecular flexibility index (Phi) is 5.53. The third-order valence-electron chi connectivity index (χ3n) is 3.47. The molecule has 2 rings (SSSR count). The molecule has 1 aromatic heterocycles. The second-order valence-corrected chi connectivity index (χ2v) is 6.33. The molecule has 0 aliphatic rings. The quantitative estimate of drug-likeness (QED) is 0.841. The van der Waals surface area contributed by atoms with Crippen LogP contribution in [0, 0.1) is 0 Å². The van der Waals surface area contributed by atoms with Gasteiger partial charge in [0.1, 0.15) is 0 Å². The monoisotopic (exact) mass is 302 g/mol. The summed E-state index contributed by atoms with van der Waals surface area (Å²) >= 11 is 1.80. The van der Waals surface area contributed by atoms with Gasteiger partial charge in [-0.25, -0.2) is 0 Å². The Morgan fingerprint density at radius 2 is 2.05 bits per heavy atom. The van der Waals surface area contributed by atoms with Crippen LogP contribution in [0.5, 0.6) is 0 Å². The van der Waals surface area contributed by atoms with Gasteiger partial charge in [0, 0.05) is 36.0 Å². The van der Waals surface area contributed by atoms with E-state index < -0.39 is 0 Å². The first-order valence-corrected chi connectivity index (χ1v) is 8.08. The number of carbonyl (C=O) groups is 1. The molecule has 0 unspecified atom stereocenters. The highest BCUT2D eigenvalue weighted by Crippen LogP contribution is 2.22. The predicted octanol–water partition coefficient (Wildman–Crippen LogP) is 4.16. The summed E-state index contributed by atoms with van der Waals surface area (Å²) in [6.45, 7) is 6.84. The molecule has 21 heavy (non-hydrogen) atoms. The standard InChI is InChI=1S/C17H22N2OS/c1-12(17-8-5-9-21-17)11-18-13(2)15-6-4-7-16(10-15)19-14(3)20/h4-10,12-13,18H,11H2,1-3H3,(H,19,20)/t12-,13+/m0/s1. The van der Waals surface area contributed by atoms with Crippen LogP contribution in [0.25, 0.3) is 0 Å². The molecule has 3 nitrogen and oxygen atoms in total. The number of carbonyl (C=O) groups excluding carboxylic acids is 1. The molecule has 0 spiro atoms. The molecule has 0 saturated heterocycles. The number of benzene rings is 1. The topological polar surface area (TPSA) is 41.1 Å². The van der Waals surface area contributed by atoms with Gasteiger partial charge in [-0.05, 0) is 36.1 Å². The van der Waals surface area contributed by atoms with E-state index in [4.69, 9.17) is 0 Å². The lowest BCUT2D eigenvalue weighted by Gasteiger charge is -2.18. The molecular formula is C17H22N2OS. The minimum atomic E-state index is -0.0425. The molecule has 0 aliphatic carbocycles. The lowest BCUT2D eigenvalue weighted by atomic mass is 10.1. The Morgan fingerprint density at radius 1 is 1.24 bits per heavy atom. The molecule has 0 aliphatic heterocycles. The van der Waals surface area contributed by atoms with E-state index in [2.05, 4.69) is 48.1 Å². The summed E-state index contributed by atoms with van der Waals surface area (Å²) in [6.07, 6.45) is 0. The minimum absolute atomic E-state index is 0.0425. The fraction of sp³-hybridized carbons (Fsp3) is 0.353. The molecule has 2 N–H and O–H groups in total. The van der Waals surface area contributed by atoms with E-state index in [0.29, 0.717) is 5.92 Å². The van der Waals surface area contributed by atoms with Crippen LogP contribution in [0.1, 0.15) is 43.2 Å². The fourth-order valence-corrected chi connectivity index (χ4v) is 3.02. The summed E-state index contributed by atoms with van der Waals surface area (Å²) in [6, 6.07) is 12.5. The van der Waals surface area contributed by atoms with Crippen LogP contribution >= 0.6 is 11.3 Å². The maximum Gasteiger partial charge on any atom is 0.221 e. The summed E-state index contributed by atoms with van der Waals surface area (Å²) in [7, 11) is 0. The molecule has 4 heteroatoms. The van der Waals surface area contributed by atoms with E-state index in [0.717, 1.165) is 12.2 Å². The van der Waals surface area contributed by atoms with E-state index in [1.54, 1.807) is 11.3 Å². The van der Waals surface area contributed by atoms with E-state index in [9.17, 15) is 4.79 Å². The van der Waals surface area contributed by atoms with Crippen molar-refractivity contribution in [2.45, 2.75) is 32.7 Å². The van der Waals surface area contributed by atoms with E-state index in [1.807, 2.05) is 18.2 Å². The molecule has 2 atom stereocenters. The van der Waals surface area contributed by atoms with Crippen molar-refractivity contribution in [2.75, 3.05) is 11.9 Å². The van der Waals surface area contributed by atoms with Crippen molar-refractivity contribution in [1.29, 1.82) is 0 Å². The molecule has 112 valence electrons. The molecular weight excluding hydrogens is 280 g/mol. The van der Waals surface area contributed by atoms with Gasteiger partial charge in [0.05, 0.1) is 0 Å². The zero-order chi connectivity index (χ0) is 15.2. The third-order valence-corrected chi connectivity index (χ3v) is 4.57. The average Bonchev–Trinajstić information content (AvgIpc) is 2.98. The molecule has 0 bridgehead atoms. The SMILES string of the molecule is CC(=O)Nc1cccc([C@@H](C)NC[C@H](C)c2cccs2)c1. The maximum atomic E-state index is 11.1. The highest BCUT2D eigenvalue weighted by Gasteiger charge is 2.10. The largest absolute Gasteiger partial charge is 0.326 e. The summed E-state index contributed by atoms with van der Waals surface area (Å²) in [5.41, 5.74) is 2.03.